The van der Waals surface area contributed by atoms with Gasteiger partial charge in [-0.05, 0) is 22.4 Å². The summed E-state index contributed by atoms with van der Waals surface area (Å²) in [7, 11) is 0. The second kappa shape index (κ2) is 5.95. The molecule has 3 rings (SSSR count). The van der Waals surface area contributed by atoms with Crippen molar-refractivity contribution < 1.29 is 17.5 Å². The van der Waals surface area contributed by atoms with Crippen LogP contribution in [0, 0.1) is 0 Å². The molecule has 0 heterocycles. The second-order valence-corrected chi connectivity index (χ2v) is 4.61. The van der Waals surface area contributed by atoms with Crippen molar-refractivity contribution in [2.45, 2.75) is 6.04 Å². The SMILES string of the molecule is NC(c1ccccc1)c1c(O)ccc2ccccc12.[Cl-]. The van der Waals surface area contributed by atoms with E-state index in [2.05, 4.69) is 0 Å². The largest absolute Gasteiger partial charge is 1.00 e. The van der Waals surface area contributed by atoms with E-state index in [1.54, 1.807) is 6.07 Å². The minimum Gasteiger partial charge on any atom is -1.00 e. The Labute approximate surface area is 124 Å². The van der Waals surface area contributed by atoms with E-state index in [0.717, 1.165) is 21.9 Å². The van der Waals surface area contributed by atoms with E-state index in [1.807, 2.05) is 60.7 Å². The van der Waals surface area contributed by atoms with Crippen LogP contribution in [0.2, 0.25) is 0 Å². The summed E-state index contributed by atoms with van der Waals surface area (Å²) in [4.78, 5) is 0. The highest BCUT2D eigenvalue weighted by Crippen LogP contribution is 2.34. The average molecular weight is 285 g/mol. The molecule has 0 aliphatic rings. The van der Waals surface area contributed by atoms with Gasteiger partial charge in [0.1, 0.15) is 5.75 Å². The third-order valence-corrected chi connectivity index (χ3v) is 3.42. The lowest BCUT2D eigenvalue weighted by molar-refractivity contribution is -0.00000480. The molecule has 3 aromatic rings. The van der Waals surface area contributed by atoms with E-state index in [1.165, 1.54) is 0 Å². The Bertz CT molecular complexity index is 713. The third-order valence-electron chi connectivity index (χ3n) is 3.42. The Morgan fingerprint density at radius 2 is 1.45 bits per heavy atom. The summed E-state index contributed by atoms with van der Waals surface area (Å²) in [6.45, 7) is 0. The Morgan fingerprint density at radius 3 is 2.20 bits per heavy atom. The molecule has 0 bridgehead atoms. The number of phenols is 1. The maximum absolute atomic E-state index is 10.2. The number of hydrogen-bond acceptors (Lipinski definition) is 2. The smallest absolute Gasteiger partial charge is 0.121 e. The number of fused-ring (bicyclic) bond motifs is 1. The van der Waals surface area contributed by atoms with Crippen LogP contribution < -0.4 is 18.1 Å². The van der Waals surface area contributed by atoms with Crippen molar-refractivity contribution >= 4 is 10.8 Å². The highest BCUT2D eigenvalue weighted by Gasteiger charge is 2.16. The van der Waals surface area contributed by atoms with Gasteiger partial charge in [-0.3, -0.25) is 0 Å². The van der Waals surface area contributed by atoms with Gasteiger partial charge in [0.2, 0.25) is 0 Å². The number of nitrogens with two attached hydrogens (primary N) is 1. The van der Waals surface area contributed by atoms with Crippen molar-refractivity contribution in [1.29, 1.82) is 0 Å². The predicted octanol–water partition coefficient (Wildman–Crippen LogP) is 0.597. The van der Waals surface area contributed by atoms with Gasteiger partial charge in [-0.25, -0.2) is 0 Å². The normalized spacial score (nSPS) is 11.8. The zero-order chi connectivity index (χ0) is 13.2. The molecule has 1 atom stereocenters. The molecule has 0 aliphatic carbocycles. The molecule has 2 nitrogen and oxygen atoms in total. The number of aromatic hydroxyl groups is 1. The third kappa shape index (κ3) is 2.48. The highest BCUT2D eigenvalue weighted by atomic mass is 35.5. The van der Waals surface area contributed by atoms with Crippen LogP contribution >= 0.6 is 0 Å². The first-order valence-corrected chi connectivity index (χ1v) is 6.28. The molecule has 1 unspecified atom stereocenters. The van der Waals surface area contributed by atoms with Gasteiger partial charge in [-0.15, -0.1) is 0 Å². The van der Waals surface area contributed by atoms with Crippen molar-refractivity contribution in [3.05, 3.63) is 77.9 Å². The molecule has 0 saturated heterocycles. The number of rotatable bonds is 2. The fraction of sp³-hybridized carbons (Fsp3) is 0.0588. The molecule has 0 spiro atoms. The quantitative estimate of drug-likeness (QED) is 0.724. The summed E-state index contributed by atoms with van der Waals surface area (Å²) < 4.78 is 0. The highest BCUT2D eigenvalue weighted by molar-refractivity contribution is 5.88. The van der Waals surface area contributed by atoms with Gasteiger partial charge in [0.25, 0.3) is 0 Å². The van der Waals surface area contributed by atoms with Gasteiger partial charge in [0.15, 0.2) is 0 Å². The van der Waals surface area contributed by atoms with Crippen LogP contribution in [-0.2, 0) is 0 Å². The molecule has 3 aromatic carbocycles. The van der Waals surface area contributed by atoms with Gasteiger partial charge in [0.05, 0.1) is 6.04 Å². The minimum atomic E-state index is -0.327. The van der Waals surface area contributed by atoms with Crippen molar-refractivity contribution in [2.24, 2.45) is 5.73 Å². The van der Waals surface area contributed by atoms with Gasteiger partial charge in [-0.1, -0.05) is 60.7 Å². The minimum absolute atomic E-state index is 0. The van der Waals surface area contributed by atoms with Crippen LogP contribution in [0.4, 0.5) is 0 Å². The predicted molar refractivity (Wildman–Crippen MR) is 78.1 cm³/mol. The Morgan fingerprint density at radius 1 is 0.800 bits per heavy atom. The Hall–Kier alpha value is -2.03. The fourth-order valence-electron chi connectivity index (χ4n) is 2.44. The van der Waals surface area contributed by atoms with E-state index < -0.39 is 0 Å². The van der Waals surface area contributed by atoms with Gasteiger partial charge in [0, 0.05) is 5.56 Å². The topological polar surface area (TPSA) is 46.2 Å². The zero-order valence-electron chi connectivity index (χ0n) is 10.8. The Balaban J connectivity index is 0.00000147. The summed E-state index contributed by atoms with van der Waals surface area (Å²) >= 11 is 0. The molecule has 0 fully saturated rings. The van der Waals surface area contributed by atoms with Crippen LogP contribution in [0.15, 0.2) is 66.7 Å². The summed E-state index contributed by atoms with van der Waals surface area (Å²) in [5.41, 5.74) is 8.10. The maximum atomic E-state index is 10.2. The molecule has 0 aliphatic heterocycles. The van der Waals surface area contributed by atoms with Crippen molar-refractivity contribution in [3.8, 4) is 5.75 Å². The van der Waals surface area contributed by atoms with Crippen molar-refractivity contribution in [3.63, 3.8) is 0 Å². The number of hydrogen-bond donors (Lipinski definition) is 2. The molecule has 0 saturated carbocycles. The standard InChI is InChI=1S/C17H15NO.ClH/c18-17(13-7-2-1-3-8-13)16-14-9-5-4-6-12(14)10-11-15(16)19;/h1-11,17,19H,18H2;1H/p-1. The van der Waals surface area contributed by atoms with E-state index in [0.29, 0.717) is 0 Å². The number of phenolic OH excluding ortho intramolecular Hbond substituents is 1. The lowest BCUT2D eigenvalue weighted by Crippen LogP contribution is -3.00. The Kier molecular flexibility index (Phi) is 4.28. The lowest BCUT2D eigenvalue weighted by atomic mass is 9.93. The number of benzene rings is 3. The lowest BCUT2D eigenvalue weighted by Gasteiger charge is -2.16. The summed E-state index contributed by atoms with van der Waals surface area (Å²) in [5, 5.41) is 12.2. The first-order valence-electron chi connectivity index (χ1n) is 6.28. The maximum Gasteiger partial charge on any atom is 0.121 e. The van der Waals surface area contributed by atoms with Crippen LogP contribution in [-0.4, -0.2) is 5.11 Å². The van der Waals surface area contributed by atoms with E-state index in [-0.39, 0.29) is 24.2 Å². The van der Waals surface area contributed by atoms with Crippen LogP contribution in [0.1, 0.15) is 17.2 Å². The van der Waals surface area contributed by atoms with E-state index in [9.17, 15) is 5.11 Å². The number of halogens is 1. The first kappa shape index (κ1) is 14.4. The molecule has 0 amide bonds. The monoisotopic (exact) mass is 284 g/mol. The average Bonchev–Trinajstić information content (AvgIpc) is 2.47. The van der Waals surface area contributed by atoms with E-state index >= 15 is 0 Å². The molecule has 3 heteroatoms. The molecule has 102 valence electrons. The molecule has 20 heavy (non-hydrogen) atoms. The molecule has 3 N–H and O–H groups in total. The van der Waals surface area contributed by atoms with Crippen molar-refractivity contribution in [1.82, 2.24) is 0 Å². The summed E-state index contributed by atoms with van der Waals surface area (Å²) in [5.74, 6) is 0.245. The summed E-state index contributed by atoms with van der Waals surface area (Å²) in [6, 6.07) is 21.1. The van der Waals surface area contributed by atoms with Gasteiger partial charge in [-0.2, -0.15) is 0 Å². The van der Waals surface area contributed by atoms with Crippen LogP contribution in [0.3, 0.4) is 0 Å². The fourth-order valence-corrected chi connectivity index (χ4v) is 2.44. The summed E-state index contributed by atoms with van der Waals surface area (Å²) in [6.07, 6.45) is 0. The first-order chi connectivity index (χ1) is 9.27. The molecular weight excluding hydrogens is 270 g/mol. The van der Waals surface area contributed by atoms with Gasteiger partial charge < -0.3 is 23.2 Å². The van der Waals surface area contributed by atoms with E-state index in [4.69, 9.17) is 5.73 Å². The molecule has 0 aromatic heterocycles. The second-order valence-electron chi connectivity index (χ2n) is 4.61. The van der Waals surface area contributed by atoms with Gasteiger partial charge >= 0.3 is 0 Å². The van der Waals surface area contributed by atoms with Crippen LogP contribution in [0.25, 0.3) is 10.8 Å². The van der Waals surface area contributed by atoms with Crippen molar-refractivity contribution in [2.75, 3.05) is 0 Å². The zero-order valence-corrected chi connectivity index (χ0v) is 11.6. The molecule has 0 radical (unpaired) electrons. The molecular formula is C17H15ClNO-. The van der Waals surface area contributed by atoms with Crippen LogP contribution in [0.5, 0.6) is 5.75 Å².